The lowest BCUT2D eigenvalue weighted by Crippen LogP contribution is -2.04. The second-order valence-electron chi connectivity index (χ2n) is 2.82. The van der Waals surface area contributed by atoms with Gasteiger partial charge in [0.2, 0.25) is 0 Å². The molecule has 0 atom stereocenters. The Kier molecular flexibility index (Phi) is 2.78. The number of fused-ring (bicyclic) bond motifs is 1. The van der Waals surface area contributed by atoms with Crippen LogP contribution in [0.4, 0.5) is 18.0 Å². The maximum atomic E-state index is 12.4. The molecule has 2 aromatic rings. The molecular weight excluding hydrogens is 329 g/mol. The molecule has 0 aromatic carbocycles. The Balaban J connectivity index is 2.49. The number of ether oxygens (including phenoxy) is 1. The molecule has 0 aliphatic rings. The smallest absolute Gasteiger partial charge is 0.449 e. The van der Waals surface area contributed by atoms with Crippen molar-refractivity contribution in [2.45, 2.75) is 6.18 Å². The predicted octanol–water partition coefficient (Wildman–Crippen LogP) is 3.23. The average molecular weight is 331 g/mol. The third kappa shape index (κ3) is 2.22. The number of alkyl halides is 3. The number of nitrogens with zero attached hydrogens (tertiary/aromatic N) is 2. The SMILES string of the molecule is O=C(O)Oc1nc2sc(C(F)(F)F)cn2c1Br. The van der Waals surface area contributed by atoms with Crippen molar-refractivity contribution < 1.29 is 27.8 Å². The molecule has 0 spiro atoms. The molecule has 0 bridgehead atoms. The summed E-state index contributed by atoms with van der Waals surface area (Å²) in [5, 5.41) is 8.37. The molecular formula is C7H2BrF3N2O3S. The maximum absolute atomic E-state index is 12.4. The fourth-order valence-electron chi connectivity index (χ4n) is 1.08. The number of thiazole rings is 1. The Morgan fingerprint density at radius 1 is 1.59 bits per heavy atom. The molecule has 0 aliphatic carbocycles. The van der Waals surface area contributed by atoms with E-state index in [1.165, 1.54) is 0 Å². The fourth-order valence-corrected chi connectivity index (χ4v) is 2.48. The van der Waals surface area contributed by atoms with Crippen LogP contribution in [0.2, 0.25) is 0 Å². The van der Waals surface area contributed by atoms with Crippen molar-refractivity contribution in [1.29, 1.82) is 0 Å². The fraction of sp³-hybridized carbons (Fsp3) is 0.143. The highest BCUT2D eigenvalue weighted by atomic mass is 79.9. The van der Waals surface area contributed by atoms with Crippen LogP contribution in [0.3, 0.4) is 0 Å². The van der Waals surface area contributed by atoms with Crippen LogP contribution in [0, 0.1) is 0 Å². The zero-order valence-corrected chi connectivity index (χ0v) is 10.1. The lowest BCUT2D eigenvalue weighted by Gasteiger charge is -2.00. The number of carboxylic acid groups (broad SMARTS) is 1. The highest BCUT2D eigenvalue weighted by molar-refractivity contribution is 9.10. The molecule has 0 saturated heterocycles. The molecule has 0 aliphatic heterocycles. The van der Waals surface area contributed by atoms with Crippen molar-refractivity contribution in [2.75, 3.05) is 0 Å². The average Bonchev–Trinajstić information content (AvgIpc) is 2.67. The monoisotopic (exact) mass is 330 g/mol. The van der Waals surface area contributed by atoms with Gasteiger partial charge < -0.3 is 9.84 Å². The van der Waals surface area contributed by atoms with E-state index >= 15 is 0 Å². The molecule has 2 aromatic heterocycles. The normalized spacial score (nSPS) is 12.0. The highest BCUT2D eigenvalue weighted by Crippen LogP contribution is 2.38. The first-order valence-electron chi connectivity index (χ1n) is 3.94. The Bertz CT molecular complexity index is 591. The van der Waals surface area contributed by atoms with Crippen LogP contribution in [0.15, 0.2) is 10.8 Å². The summed E-state index contributed by atoms with van der Waals surface area (Å²) < 4.78 is 42.5. The first kappa shape index (κ1) is 12.2. The molecule has 92 valence electrons. The number of carbonyl (C=O) groups is 1. The molecule has 0 unspecified atom stereocenters. The summed E-state index contributed by atoms with van der Waals surface area (Å²) in [5.41, 5.74) is 0. The van der Waals surface area contributed by atoms with Gasteiger partial charge in [0.25, 0.3) is 5.88 Å². The van der Waals surface area contributed by atoms with Crippen LogP contribution in [0.1, 0.15) is 4.88 Å². The van der Waals surface area contributed by atoms with Crippen molar-refractivity contribution in [3.63, 3.8) is 0 Å². The number of hydrogen-bond acceptors (Lipinski definition) is 4. The van der Waals surface area contributed by atoms with Gasteiger partial charge >= 0.3 is 12.3 Å². The second-order valence-corrected chi connectivity index (χ2v) is 4.58. The van der Waals surface area contributed by atoms with E-state index in [0.29, 0.717) is 11.3 Å². The molecule has 10 heteroatoms. The van der Waals surface area contributed by atoms with Gasteiger partial charge in [0.05, 0.1) is 0 Å². The predicted molar refractivity (Wildman–Crippen MR) is 54.4 cm³/mol. The van der Waals surface area contributed by atoms with Crippen LogP contribution in [-0.4, -0.2) is 20.6 Å². The second kappa shape index (κ2) is 3.88. The van der Waals surface area contributed by atoms with Crippen LogP contribution < -0.4 is 4.74 Å². The van der Waals surface area contributed by atoms with Crippen molar-refractivity contribution in [3.05, 3.63) is 15.7 Å². The van der Waals surface area contributed by atoms with E-state index in [4.69, 9.17) is 5.11 Å². The van der Waals surface area contributed by atoms with Crippen LogP contribution in [0.5, 0.6) is 5.88 Å². The van der Waals surface area contributed by atoms with E-state index in [0.717, 1.165) is 10.6 Å². The quantitative estimate of drug-likeness (QED) is 0.815. The number of halogens is 4. The molecule has 0 radical (unpaired) electrons. The Morgan fingerprint density at radius 3 is 2.71 bits per heavy atom. The third-order valence-electron chi connectivity index (χ3n) is 1.70. The summed E-state index contributed by atoms with van der Waals surface area (Å²) in [6, 6.07) is 0. The van der Waals surface area contributed by atoms with Gasteiger partial charge in [0.15, 0.2) is 9.56 Å². The Morgan fingerprint density at radius 2 is 2.24 bits per heavy atom. The van der Waals surface area contributed by atoms with Crippen molar-refractivity contribution in [3.8, 4) is 5.88 Å². The summed E-state index contributed by atoms with van der Waals surface area (Å²) in [6.45, 7) is 0. The molecule has 2 heterocycles. The maximum Gasteiger partial charge on any atom is 0.512 e. The number of aromatic nitrogens is 2. The van der Waals surface area contributed by atoms with Gasteiger partial charge in [-0.15, -0.1) is 0 Å². The minimum absolute atomic E-state index is 0.0135. The van der Waals surface area contributed by atoms with Gasteiger partial charge in [-0.25, -0.2) is 4.79 Å². The number of rotatable bonds is 1. The first-order chi connectivity index (χ1) is 7.79. The van der Waals surface area contributed by atoms with E-state index in [2.05, 4.69) is 25.7 Å². The van der Waals surface area contributed by atoms with Gasteiger partial charge in [-0.3, -0.25) is 4.40 Å². The summed E-state index contributed by atoms with van der Waals surface area (Å²) in [5.74, 6) is -0.294. The van der Waals surface area contributed by atoms with E-state index in [-0.39, 0.29) is 15.4 Å². The summed E-state index contributed by atoms with van der Waals surface area (Å²) in [7, 11) is 0. The number of imidazole rings is 1. The van der Waals surface area contributed by atoms with E-state index in [1.807, 2.05) is 0 Å². The zero-order chi connectivity index (χ0) is 12.8. The lowest BCUT2D eigenvalue weighted by atomic mass is 10.5. The largest absolute Gasteiger partial charge is 0.512 e. The topological polar surface area (TPSA) is 63.8 Å². The first-order valence-corrected chi connectivity index (χ1v) is 5.55. The van der Waals surface area contributed by atoms with E-state index in [1.54, 1.807) is 0 Å². The van der Waals surface area contributed by atoms with Crippen molar-refractivity contribution in [2.24, 2.45) is 0 Å². The molecule has 1 N–H and O–H groups in total. The summed E-state index contributed by atoms with van der Waals surface area (Å²) in [6.07, 6.45) is -5.24. The molecule has 0 amide bonds. The van der Waals surface area contributed by atoms with Gasteiger partial charge in [0.1, 0.15) is 4.88 Å². The van der Waals surface area contributed by atoms with E-state index in [9.17, 15) is 18.0 Å². The lowest BCUT2D eigenvalue weighted by molar-refractivity contribution is -0.134. The minimum atomic E-state index is -4.46. The minimum Gasteiger partial charge on any atom is -0.449 e. The van der Waals surface area contributed by atoms with E-state index < -0.39 is 17.2 Å². The Labute approximate surface area is 104 Å². The third-order valence-corrected chi connectivity index (χ3v) is 3.45. The molecule has 0 fully saturated rings. The van der Waals surface area contributed by atoms with Crippen molar-refractivity contribution >= 4 is 38.4 Å². The van der Waals surface area contributed by atoms with Gasteiger partial charge in [-0.1, -0.05) is 11.3 Å². The standard InChI is InChI=1S/C7H2BrF3N2O3S/c8-3-4(16-6(14)15)12-5-13(3)1-2(17-5)7(9,10)11/h1H,(H,14,15). The molecule has 0 saturated carbocycles. The van der Waals surface area contributed by atoms with Gasteiger partial charge in [0, 0.05) is 6.20 Å². The Hall–Kier alpha value is -1.29. The summed E-state index contributed by atoms with van der Waals surface area (Å²) in [4.78, 5) is 13.1. The van der Waals surface area contributed by atoms with Crippen molar-refractivity contribution in [1.82, 2.24) is 9.38 Å². The van der Waals surface area contributed by atoms with Crippen LogP contribution in [-0.2, 0) is 6.18 Å². The highest BCUT2D eigenvalue weighted by Gasteiger charge is 2.34. The van der Waals surface area contributed by atoms with Crippen LogP contribution in [0.25, 0.3) is 4.96 Å². The number of hydrogen-bond donors (Lipinski definition) is 1. The molecule has 17 heavy (non-hydrogen) atoms. The van der Waals surface area contributed by atoms with Gasteiger partial charge in [-0.05, 0) is 15.9 Å². The zero-order valence-electron chi connectivity index (χ0n) is 7.66. The molecule has 5 nitrogen and oxygen atoms in total. The van der Waals surface area contributed by atoms with Crippen LogP contribution >= 0.6 is 27.3 Å². The van der Waals surface area contributed by atoms with Gasteiger partial charge in [-0.2, -0.15) is 18.2 Å². The molecule has 2 rings (SSSR count). The summed E-state index contributed by atoms with van der Waals surface area (Å²) >= 11 is 3.30.